The van der Waals surface area contributed by atoms with Gasteiger partial charge in [0.2, 0.25) is 0 Å². The Balaban J connectivity index is 1.80. The van der Waals surface area contributed by atoms with Gasteiger partial charge in [-0.05, 0) is 30.5 Å². The summed E-state index contributed by atoms with van der Waals surface area (Å²) >= 11 is 0. The fraction of sp³-hybridized carbons (Fsp3) is 0.400. The number of hydrogen-bond donors (Lipinski definition) is 1. The van der Waals surface area contributed by atoms with Crippen LogP contribution in [0.4, 0.5) is 0 Å². The van der Waals surface area contributed by atoms with Crippen LogP contribution in [0, 0.1) is 0 Å². The van der Waals surface area contributed by atoms with Gasteiger partial charge in [0, 0.05) is 18.9 Å². The van der Waals surface area contributed by atoms with E-state index in [0.717, 1.165) is 47.9 Å². The van der Waals surface area contributed by atoms with Gasteiger partial charge in [0.1, 0.15) is 11.5 Å². The van der Waals surface area contributed by atoms with Crippen LogP contribution in [0.5, 0.6) is 5.75 Å². The number of ether oxygens (including phenoxy) is 1. The SMILES string of the molecule is COc1cccc(Cc2nc3c(o2)CC(N)CC3)c1. The van der Waals surface area contributed by atoms with Crippen LogP contribution < -0.4 is 10.5 Å². The molecule has 4 heteroatoms. The maximum atomic E-state index is 5.94. The molecule has 2 N–H and O–H groups in total. The summed E-state index contributed by atoms with van der Waals surface area (Å²) in [5, 5.41) is 0. The molecule has 0 saturated carbocycles. The summed E-state index contributed by atoms with van der Waals surface area (Å²) in [4.78, 5) is 4.57. The number of hydrogen-bond acceptors (Lipinski definition) is 4. The lowest BCUT2D eigenvalue weighted by Gasteiger charge is -2.14. The van der Waals surface area contributed by atoms with Crippen molar-refractivity contribution in [3.63, 3.8) is 0 Å². The molecule has 1 aromatic carbocycles. The second-order valence-electron chi connectivity index (χ2n) is 5.01. The van der Waals surface area contributed by atoms with E-state index in [-0.39, 0.29) is 6.04 Å². The van der Waals surface area contributed by atoms with Crippen LogP contribution >= 0.6 is 0 Å². The van der Waals surface area contributed by atoms with Gasteiger partial charge in [-0.25, -0.2) is 4.98 Å². The Morgan fingerprint density at radius 3 is 3.21 bits per heavy atom. The second-order valence-corrected chi connectivity index (χ2v) is 5.01. The molecule has 100 valence electrons. The van der Waals surface area contributed by atoms with Gasteiger partial charge in [0.15, 0.2) is 5.89 Å². The predicted molar refractivity (Wildman–Crippen MR) is 72.3 cm³/mol. The van der Waals surface area contributed by atoms with Crippen molar-refractivity contribution in [2.45, 2.75) is 31.7 Å². The third-order valence-corrected chi connectivity index (χ3v) is 3.51. The van der Waals surface area contributed by atoms with Crippen molar-refractivity contribution < 1.29 is 9.15 Å². The zero-order valence-electron chi connectivity index (χ0n) is 11.1. The molecule has 19 heavy (non-hydrogen) atoms. The number of nitrogens with two attached hydrogens (primary N) is 1. The van der Waals surface area contributed by atoms with Crippen molar-refractivity contribution in [2.24, 2.45) is 5.73 Å². The molecule has 1 unspecified atom stereocenters. The van der Waals surface area contributed by atoms with Crippen molar-refractivity contribution in [3.8, 4) is 5.75 Å². The Labute approximate surface area is 112 Å². The number of rotatable bonds is 3. The maximum Gasteiger partial charge on any atom is 0.199 e. The molecule has 1 atom stereocenters. The normalized spacial score (nSPS) is 18.1. The van der Waals surface area contributed by atoms with Gasteiger partial charge in [-0.15, -0.1) is 0 Å². The lowest BCUT2D eigenvalue weighted by molar-refractivity contribution is 0.413. The number of aryl methyl sites for hydroxylation is 1. The quantitative estimate of drug-likeness (QED) is 0.915. The largest absolute Gasteiger partial charge is 0.497 e. The Morgan fingerprint density at radius 2 is 2.37 bits per heavy atom. The van der Waals surface area contributed by atoms with Gasteiger partial charge in [-0.2, -0.15) is 0 Å². The molecule has 3 rings (SSSR count). The van der Waals surface area contributed by atoms with Crippen LogP contribution in [0.3, 0.4) is 0 Å². The van der Waals surface area contributed by atoms with Crippen molar-refractivity contribution >= 4 is 0 Å². The fourth-order valence-electron chi connectivity index (χ4n) is 2.49. The van der Waals surface area contributed by atoms with Crippen molar-refractivity contribution in [1.29, 1.82) is 0 Å². The molecule has 0 aliphatic heterocycles. The first kappa shape index (κ1) is 12.2. The third kappa shape index (κ3) is 2.63. The number of benzene rings is 1. The first-order chi connectivity index (χ1) is 9.24. The van der Waals surface area contributed by atoms with Gasteiger partial charge in [-0.3, -0.25) is 0 Å². The molecule has 0 bridgehead atoms. The highest BCUT2D eigenvalue weighted by molar-refractivity contribution is 5.30. The first-order valence-electron chi connectivity index (χ1n) is 6.60. The third-order valence-electron chi connectivity index (χ3n) is 3.51. The van der Waals surface area contributed by atoms with Crippen LogP contribution in [0.2, 0.25) is 0 Å². The number of methoxy groups -OCH3 is 1. The molecule has 1 aromatic heterocycles. The minimum absolute atomic E-state index is 0.213. The Hall–Kier alpha value is -1.81. The van der Waals surface area contributed by atoms with Gasteiger partial charge < -0.3 is 14.9 Å². The highest BCUT2D eigenvalue weighted by Crippen LogP contribution is 2.23. The zero-order chi connectivity index (χ0) is 13.2. The van der Waals surface area contributed by atoms with Gasteiger partial charge in [0.25, 0.3) is 0 Å². The minimum Gasteiger partial charge on any atom is -0.497 e. The van der Waals surface area contributed by atoms with E-state index >= 15 is 0 Å². The lowest BCUT2D eigenvalue weighted by atomic mass is 9.98. The molecular formula is C15H18N2O2. The summed E-state index contributed by atoms with van der Waals surface area (Å²) < 4.78 is 11.0. The fourth-order valence-corrected chi connectivity index (χ4v) is 2.49. The van der Waals surface area contributed by atoms with Crippen LogP contribution in [-0.4, -0.2) is 18.1 Å². The molecule has 0 saturated heterocycles. The maximum absolute atomic E-state index is 5.94. The molecule has 0 radical (unpaired) electrons. The van der Waals surface area contributed by atoms with Crippen LogP contribution in [0.25, 0.3) is 0 Å². The van der Waals surface area contributed by atoms with E-state index < -0.39 is 0 Å². The standard InChI is InChI=1S/C15H18N2O2/c1-18-12-4-2-3-10(7-12)8-15-17-13-6-5-11(16)9-14(13)19-15/h2-4,7,11H,5-6,8-9,16H2,1H3. The number of nitrogens with zero attached hydrogens (tertiary/aromatic N) is 1. The molecule has 4 nitrogen and oxygen atoms in total. The highest BCUT2D eigenvalue weighted by Gasteiger charge is 2.21. The second kappa shape index (κ2) is 5.05. The van der Waals surface area contributed by atoms with Crippen molar-refractivity contribution in [1.82, 2.24) is 4.98 Å². The monoisotopic (exact) mass is 258 g/mol. The van der Waals surface area contributed by atoms with Crippen LogP contribution in [0.15, 0.2) is 28.7 Å². The Bertz CT molecular complexity index is 577. The predicted octanol–water partition coefficient (Wildman–Crippen LogP) is 2.09. The lowest BCUT2D eigenvalue weighted by Crippen LogP contribution is -2.27. The molecule has 0 amide bonds. The van der Waals surface area contributed by atoms with E-state index in [2.05, 4.69) is 11.1 Å². The van der Waals surface area contributed by atoms with Crippen molar-refractivity contribution in [2.75, 3.05) is 7.11 Å². The van der Waals surface area contributed by atoms with Gasteiger partial charge >= 0.3 is 0 Å². The number of aromatic nitrogens is 1. The average Bonchev–Trinajstić information content (AvgIpc) is 2.80. The number of fused-ring (bicyclic) bond motifs is 1. The van der Waals surface area contributed by atoms with E-state index in [1.165, 1.54) is 0 Å². The topological polar surface area (TPSA) is 61.3 Å². The summed E-state index contributed by atoms with van der Waals surface area (Å²) in [7, 11) is 1.67. The van der Waals surface area contributed by atoms with E-state index in [1.54, 1.807) is 7.11 Å². The van der Waals surface area contributed by atoms with Crippen LogP contribution in [0.1, 0.15) is 29.3 Å². The number of oxazole rings is 1. The van der Waals surface area contributed by atoms with Crippen LogP contribution in [-0.2, 0) is 19.3 Å². The van der Waals surface area contributed by atoms with E-state index in [0.29, 0.717) is 6.42 Å². The molecule has 1 aliphatic carbocycles. The summed E-state index contributed by atoms with van der Waals surface area (Å²) in [6.45, 7) is 0. The van der Waals surface area contributed by atoms with Gasteiger partial charge in [0.05, 0.1) is 12.8 Å². The van der Waals surface area contributed by atoms with Gasteiger partial charge in [-0.1, -0.05) is 12.1 Å². The van der Waals surface area contributed by atoms with Crippen molar-refractivity contribution in [3.05, 3.63) is 47.2 Å². The molecule has 1 aliphatic rings. The Kier molecular flexibility index (Phi) is 3.25. The molecule has 0 spiro atoms. The summed E-state index contributed by atoms with van der Waals surface area (Å²) in [6, 6.07) is 8.19. The molecule has 2 aromatic rings. The average molecular weight is 258 g/mol. The molecule has 0 fully saturated rings. The zero-order valence-corrected chi connectivity index (χ0v) is 11.1. The van der Waals surface area contributed by atoms with E-state index in [1.807, 2.05) is 18.2 Å². The van der Waals surface area contributed by atoms with E-state index in [9.17, 15) is 0 Å². The molecular weight excluding hydrogens is 240 g/mol. The summed E-state index contributed by atoms with van der Waals surface area (Å²) in [5.41, 5.74) is 8.17. The first-order valence-corrected chi connectivity index (χ1v) is 6.60. The summed E-state index contributed by atoms with van der Waals surface area (Å²) in [5.74, 6) is 2.60. The summed E-state index contributed by atoms with van der Waals surface area (Å²) in [6.07, 6.45) is 3.43. The smallest absolute Gasteiger partial charge is 0.199 e. The highest BCUT2D eigenvalue weighted by atomic mass is 16.5. The van der Waals surface area contributed by atoms with E-state index in [4.69, 9.17) is 14.9 Å². The Morgan fingerprint density at radius 1 is 1.47 bits per heavy atom. The minimum atomic E-state index is 0.213. The molecule has 1 heterocycles.